The van der Waals surface area contributed by atoms with E-state index in [-0.39, 0.29) is 23.0 Å². The second kappa shape index (κ2) is 7.92. The molecular formula is C20H27N5O2. The lowest BCUT2D eigenvalue weighted by atomic mass is 9.80. The number of ether oxygens (including phenoxy) is 1. The zero-order valence-corrected chi connectivity index (χ0v) is 16.1. The zero-order valence-electron chi connectivity index (χ0n) is 16.1. The molecule has 0 saturated carbocycles. The van der Waals surface area contributed by atoms with Crippen LogP contribution < -0.4 is 21.1 Å². The van der Waals surface area contributed by atoms with Crippen molar-refractivity contribution in [2.75, 3.05) is 25.9 Å². The molecule has 0 bridgehead atoms. The number of nitrogens with zero attached hydrogens (tertiary/aromatic N) is 2. The van der Waals surface area contributed by atoms with Crippen LogP contribution in [0.1, 0.15) is 37.2 Å². The van der Waals surface area contributed by atoms with Crippen LogP contribution >= 0.6 is 0 Å². The van der Waals surface area contributed by atoms with Crippen molar-refractivity contribution in [1.82, 2.24) is 20.6 Å². The predicted octanol–water partition coefficient (Wildman–Crippen LogP) is 2.24. The van der Waals surface area contributed by atoms with Crippen molar-refractivity contribution in [1.29, 1.82) is 0 Å². The van der Waals surface area contributed by atoms with Crippen molar-refractivity contribution < 1.29 is 9.53 Å². The minimum atomic E-state index is -0.348. The topological polar surface area (TPSA) is 102 Å². The molecule has 2 aromatic rings. The van der Waals surface area contributed by atoms with Crippen LogP contribution in [0.5, 0.6) is 5.75 Å². The SMILES string of the molecule is COc1cccc(-c2cnc(N)c(C(=O)NC(C)(C)C3CCNCC3)n2)c1. The Hall–Kier alpha value is -2.67. The fourth-order valence-corrected chi connectivity index (χ4v) is 3.48. The van der Waals surface area contributed by atoms with E-state index in [2.05, 4.69) is 34.4 Å². The molecule has 3 rings (SSSR count). The number of rotatable bonds is 5. The molecule has 1 aromatic heterocycles. The van der Waals surface area contributed by atoms with E-state index in [1.165, 1.54) is 0 Å². The summed E-state index contributed by atoms with van der Waals surface area (Å²) in [5.41, 5.74) is 7.15. The minimum absolute atomic E-state index is 0.125. The monoisotopic (exact) mass is 369 g/mol. The van der Waals surface area contributed by atoms with Gasteiger partial charge in [-0.15, -0.1) is 0 Å². The molecule has 0 radical (unpaired) electrons. The van der Waals surface area contributed by atoms with Gasteiger partial charge in [-0.2, -0.15) is 0 Å². The van der Waals surface area contributed by atoms with Crippen LogP contribution in [-0.2, 0) is 0 Å². The third kappa shape index (κ3) is 4.36. The number of benzene rings is 1. The molecule has 4 N–H and O–H groups in total. The van der Waals surface area contributed by atoms with Crippen molar-refractivity contribution in [3.8, 4) is 17.0 Å². The Labute approximate surface area is 159 Å². The summed E-state index contributed by atoms with van der Waals surface area (Å²) in [6.45, 7) is 6.04. The molecule has 0 spiro atoms. The largest absolute Gasteiger partial charge is 0.497 e. The molecule has 27 heavy (non-hydrogen) atoms. The van der Waals surface area contributed by atoms with E-state index < -0.39 is 0 Å². The molecule has 2 heterocycles. The number of hydrogen-bond donors (Lipinski definition) is 3. The lowest BCUT2D eigenvalue weighted by molar-refractivity contribution is 0.0858. The summed E-state index contributed by atoms with van der Waals surface area (Å²) >= 11 is 0. The van der Waals surface area contributed by atoms with Gasteiger partial charge >= 0.3 is 0 Å². The highest BCUT2D eigenvalue weighted by atomic mass is 16.5. The van der Waals surface area contributed by atoms with E-state index in [0.29, 0.717) is 17.4 Å². The quantitative estimate of drug-likeness (QED) is 0.747. The normalized spacial score (nSPS) is 15.4. The van der Waals surface area contributed by atoms with Crippen LogP contribution in [0, 0.1) is 5.92 Å². The first kappa shape index (κ1) is 19.1. The summed E-state index contributed by atoms with van der Waals surface area (Å²) in [5.74, 6) is 0.941. The Balaban J connectivity index is 1.84. The van der Waals surface area contributed by atoms with Gasteiger partial charge in [0.15, 0.2) is 11.5 Å². The van der Waals surface area contributed by atoms with Crippen LogP contribution in [-0.4, -0.2) is 41.6 Å². The zero-order chi connectivity index (χ0) is 19.4. The van der Waals surface area contributed by atoms with Gasteiger partial charge in [-0.1, -0.05) is 12.1 Å². The number of aromatic nitrogens is 2. The molecule has 1 amide bonds. The second-order valence-corrected chi connectivity index (χ2v) is 7.42. The van der Waals surface area contributed by atoms with E-state index in [1.807, 2.05) is 24.3 Å². The standard InChI is InChI=1S/C20H27N5O2/c1-20(2,14-7-9-22-10-8-14)25-19(26)17-18(21)23-12-16(24-17)13-5-4-6-15(11-13)27-3/h4-6,11-12,14,22H,7-10H2,1-3H3,(H2,21,23)(H,25,26). The van der Waals surface area contributed by atoms with Gasteiger partial charge in [0.1, 0.15) is 5.75 Å². The molecule has 1 aliphatic rings. The number of carbonyl (C=O) groups excluding carboxylic acids is 1. The Morgan fingerprint density at radius 1 is 1.33 bits per heavy atom. The van der Waals surface area contributed by atoms with Gasteiger partial charge in [0.2, 0.25) is 0 Å². The van der Waals surface area contributed by atoms with E-state index in [0.717, 1.165) is 31.5 Å². The highest BCUT2D eigenvalue weighted by molar-refractivity contribution is 5.97. The third-order valence-corrected chi connectivity index (χ3v) is 5.18. The molecule has 7 nitrogen and oxygen atoms in total. The molecule has 1 saturated heterocycles. The summed E-state index contributed by atoms with van der Waals surface area (Å²) in [6.07, 6.45) is 3.62. The van der Waals surface area contributed by atoms with E-state index in [1.54, 1.807) is 13.3 Å². The number of methoxy groups -OCH3 is 1. The lowest BCUT2D eigenvalue weighted by Crippen LogP contribution is -2.52. The van der Waals surface area contributed by atoms with Crippen LogP contribution in [0.3, 0.4) is 0 Å². The maximum atomic E-state index is 12.9. The molecule has 1 aliphatic heterocycles. The number of carbonyl (C=O) groups is 1. The van der Waals surface area contributed by atoms with Crippen molar-refractivity contribution in [3.63, 3.8) is 0 Å². The number of amides is 1. The van der Waals surface area contributed by atoms with Crippen LogP contribution in [0.4, 0.5) is 5.82 Å². The van der Waals surface area contributed by atoms with Crippen molar-refractivity contribution in [2.24, 2.45) is 5.92 Å². The van der Waals surface area contributed by atoms with E-state index in [4.69, 9.17) is 10.5 Å². The Morgan fingerprint density at radius 3 is 2.78 bits per heavy atom. The summed E-state index contributed by atoms with van der Waals surface area (Å²) in [7, 11) is 1.61. The third-order valence-electron chi connectivity index (χ3n) is 5.18. The molecule has 7 heteroatoms. The molecule has 1 fully saturated rings. The van der Waals surface area contributed by atoms with E-state index >= 15 is 0 Å². The molecule has 0 unspecified atom stereocenters. The fourth-order valence-electron chi connectivity index (χ4n) is 3.48. The molecule has 144 valence electrons. The van der Waals surface area contributed by atoms with Crippen molar-refractivity contribution in [2.45, 2.75) is 32.2 Å². The fraction of sp³-hybridized carbons (Fsp3) is 0.450. The number of anilines is 1. The van der Waals surface area contributed by atoms with Gasteiger partial charge < -0.3 is 21.1 Å². The summed E-state index contributed by atoms with van der Waals surface area (Å²) < 4.78 is 5.25. The van der Waals surface area contributed by atoms with Crippen LogP contribution in [0.15, 0.2) is 30.5 Å². The summed E-state index contributed by atoms with van der Waals surface area (Å²) in [4.78, 5) is 21.6. The number of piperidine rings is 1. The van der Waals surface area contributed by atoms with Gasteiger partial charge in [0, 0.05) is 11.1 Å². The summed E-state index contributed by atoms with van der Waals surface area (Å²) in [5, 5.41) is 6.46. The molecule has 0 aliphatic carbocycles. The first-order valence-electron chi connectivity index (χ1n) is 9.21. The molecule has 0 atom stereocenters. The maximum Gasteiger partial charge on any atom is 0.274 e. The molecular weight excluding hydrogens is 342 g/mol. The Bertz CT molecular complexity index is 816. The number of hydrogen-bond acceptors (Lipinski definition) is 6. The molecule has 1 aromatic carbocycles. The van der Waals surface area contributed by atoms with Gasteiger partial charge in [0.25, 0.3) is 5.91 Å². The number of nitrogens with one attached hydrogen (secondary N) is 2. The Morgan fingerprint density at radius 2 is 2.07 bits per heavy atom. The number of nitrogens with two attached hydrogens (primary N) is 1. The average molecular weight is 369 g/mol. The lowest BCUT2D eigenvalue weighted by Gasteiger charge is -2.37. The highest BCUT2D eigenvalue weighted by Gasteiger charge is 2.33. The van der Waals surface area contributed by atoms with Gasteiger partial charge in [-0.25, -0.2) is 9.97 Å². The Kier molecular flexibility index (Phi) is 5.60. The van der Waals surface area contributed by atoms with Crippen molar-refractivity contribution in [3.05, 3.63) is 36.2 Å². The van der Waals surface area contributed by atoms with Crippen LogP contribution in [0.25, 0.3) is 11.3 Å². The smallest absolute Gasteiger partial charge is 0.274 e. The van der Waals surface area contributed by atoms with Crippen LogP contribution in [0.2, 0.25) is 0 Å². The average Bonchev–Trinajstić information content (AvgIpc) is 2.68. The minimum Gasteiger partial charge on any atom is -0.497 e. The second-order valence-electron chi connectivity index (χ2n) is 7.42. The van der Waals surface area contributed by atoms with Gasteiger partial charge in [-0.05, 0) is 57.8 Å². The summed E-state index contributed by atoms with van der Waals surface area (Å²) in [6, 6.07) is 7.46. The maximum absolute atomic E-state index is 12.9. The van der Waals surface area contributed by atoms with Gasteiger partial charge in [-0.3, -0.25) is 4.79 Å². The van der Waals surface area contributed by atoms with Crippen molar-refractivity contribution >= 4 is 11.7 Å². The first-order chi connectivity index (χ1) is 12.9. The first-order valence-corrected chi connectivity index (χ1v) is 9.21. The predicted molar refractivity (Wildman–Crippen MR) is 106 cm³/mol. The van der Waals surface area contributed by atoms with E-state index in [9.17, 15) is 4.79 Å². The highest BCUT2D eigenvalue weighted by Crippen LogP contribution is 2.27. The van der Waals surface area contributed by atoms with Gasteiger partial charge in [0.05, 0.1) is 19.0 Å². The number of nitrogen functional groups attached to an aromatic ring is 1.